The number of phosphoric acid groups is 1. The van der Waals surface area contributed by atoms with Gasteiger partial charge in [0.1, 0.15) is 6.61 Å². The molecule has 0 heterocycles. The van der Waals surface area contributed by atoms with E-state index in [0.29, 0.717) is 0 Å². The Morgan fingerprint density at radius 1 is 0.673 bits per heavy atom. The molecule has 3 atom stereocenters. The average Bonchev–Trinajstić information content (AvgIpc) is 3.18. The number of phosphoric ester groups is 1. The van der Waals surface area contributed by atoms with Crippen molar-refractivity contribution in [2.75, 3.05) is 26.4 Å². The molecule has 0 aliphatic carbocycles. The van der Waals surface area contributed by atoms with Crippen LogP contribution in [0.15, 0.2) is 97.4 Å². The molecule has 55 heavy (non-hydrogen) atoms. The first-order valence-corrected chi connectivity index (χ1v) is 22.4. The second-order valence-corrected chi connectivity index (χ2v) is 14.8. The van der Waals surface area contributed by atoms with E-state index in [-0.39, 0.29) is 39.2 Å². The summed E-state index contributed by atoms with van der Waals surface area (Å²) in [4.78, 5) is 22.3. The molecule has 0 radical (unpaired) electrons. The lowest BCUT2D eigenvalue weighted by atomic mass is 10.1. The van der Waals surface area contributed by atoms with Crippen molar-refractivity contribution in [1.29, 1.82) is 0 Å². The summed E-state index contributed by atoms with van der Waals surface area (Å²) >= 11 is 0. The van der Waals surface area contributed by atoms with E-state index in [1.807, 2.05) is 18.2 Å². The molecule has 4 N–H and O–H groups in total. The number of rotatable bonds is 38. The number of hydrogen-bond acceptors (Lipinski definition) is 8. The van der Waals surface area contributed by atoms with Crippen molar-refractivity contribution in [3.63, 3.8) is 0 Å². The molecule has 0 amide bonds. The minimum atomic E-state index is -4.33. The standard InChI is InChI=1S/C45H76NO8P/c1-3-5-7-9-11-13-15-17-19-21-23-25-27-29-31-33-35-43(47)36-37-45(48)52-41-44(42-54-55(49,50)53-40-38-46)51-39-34-32-30-28-26-24-22-20-18-16-14-12-10-8-6-4-2/h5,7,11,13-14,16-17,19,23,25,29,31,33-35,39,43-44,47H,3-4,6,8-10,12,15,18,20-22,24,26-28,30,32,36-38,40-42,46H2,1-2H3,(H,49,50)/b7-5-,13-11-,16-14-,19-17-,25-23-,31-29-,35-33-,39-34+/t43?,44-/m1/s1. The van der Waals surface area contributed by atoms with Crippen LogP contribution in [0.5, 0.6) is 0 Å². The molecule has 0 aliphatic heterocycles. The highest BCUT2D eigenvalue weighted by Crippen LogP contribution is 2.43. The largest absolute Gasteiger partial charge is 0.492 e. The third-order valence-electron chi connectivity index (χ3n) is 8.19. The van der Waals surface area contributed by atoms with Gasteiger partial charge in [0.15, 0.2) is 6.10 Å². The fourth-order valence-electron chi connectivity index (χ4n) is 5.02. The number of carbonyl (C=O) groups excluding carboxylic acids is 1. The first-order chi connectivity index (χ1) is 26.8. The molecular weight excluding hydrogens is 713 g/mol. The SMILES string of the molecule is CC/C=C\C/C=C\C/C=C\C/C=C\C/C=C\C=C/C(O)CCC(=O)OC[C@H](COP(=O)(O)OCCN)O/C=C/CCCCCCCC/C=C\CCCCCC. The van der Waals surface area contributed by atoms with Crippen molar-refractivity contribution >= 4 is 13.8 Å². The summed E-state index contributed by atoms with van der Waals surface area (Å²) < 4.78 is 33.0. The van der Waals surface area contributed by atoms with Gasteiger partial charge < -0.3 is 25.2 Å². The molecular formula is C45H76NO8P. The minimum absolute atomic E-state index is 0.00544. The topological polar surface area (TPSA) is 138 Å². The number of esters is 1. The molecule has 314 valence electrons. The predicted octanol–water partition coefficient (Wildman–Crippen LogP) is 11.6. The van der Waals surface area contributed by atoms with Crippen LogP contribution in [0.2, 0.25) is 0 Å². The normalized spacial score (nSPS) is 15.0. The third-order valence-corrected chi connectivity index (χ3v) is 9.18. The molecule has 10 heteroatoms. The van der Waals surface area contributed by atoms with Gasteiger partial charge in [-0.1, -0.05) is 144 Å². The van der Waals surface area contributed by atoms with Crippen LogP contribution >= 0.6 is 7.82 Å². The molecule has 0 aliphatic rings. The van der Waals surface area contributed by atoms with E-state index in [9.17, 15) is 19.4 Å². The zero-order valence-corrected chi connectivity index (χ0v) is 35.1. The number of aliphatic hydroxyl groups is 1. The summed E-state index contributed by atoms with van der Waals surface area (Å²) in [5, 5.41) is 10.3. The molecule has 0 aromatic carbocycles. The summed E-state index contributed by atoms with van der Waals surface area (Å²) in [5.41, 5.74) is 5.35. The Morgan fingerprint density at radius 3 is 1.80 bits per heavy atom. The first kappa shape index (κ1) is 52.2. The van der Waals surface area contributed by atoms with Gasteiger partial charge in [0.2, 0.25) is 0 Å². The molecule has 0 aromatic heterocycles. The second-order valence-electron chi connectivity index (χ2n) is 13.4. The summed E-state index contributed by atoms with van der Waals surface area (Å²) in [7, 11) is -4.33. The number of aliphatic hydroxyl groups excluding tert-OH is 1. The second kappa shape index (κ2) is 40.9. The highest BCUT2D eigenvalue weighted by atomic mass is 31.2. The summed E-state index contributed by atoms with van der Waals surface area (Å²) in [5.74, 6) is -0.523. The van der Waals surface area contributed by atoms with Gasteiger partial charge in [-0.25, -0.2) is 4.57 Å². The van der Waals surface area contributed by atoms with Crippen molar-refractivity contribution in [2.45, 2.75) is 154 Å². The van der Waals surface area contributed by atoms with E-state index in [1.54, 1.807) is 12.2 Å². The van der Waals surface area contributed by atoms with Crippen molar-refractivity contribution in [3.8, 4) is 0 Å². The number of nitrogens with two attached hydrogens (primary N) is 1. The van der Waals surface area contributed by atoms with Gasteiger partial charge in [-0.05, 0) is 83.1 Å². The van der Waals surface area contributed by atoms with Crippen molar-refractivity contribution < 1.29 is 37.9 Å². The Bertz CT molecular complexity index is 1170. The molecule has 0 bridgehead atoms. The Kier molecular flexibility index (Phi) is 38.8. The summed E-state index contributed by atoms with van der Waals surface area (Å²) in [6.07, 6.45) is 51.4. The quantitative estimate of drug-likeness (QED) is 0.0139. The molecule has 0 aromatic rings. The van der Waals surface area contributed by atoms with Crippen molar-refractivity contribution in [3.05, 3.63) is 97.4 Å². The number of carbonyl (C=O) groups is 1. The van der Waals surface area contributed by atoms with E-state index >= 15 is 0 Å². The highest BCUT2D eigenvalue weighted by Gasteiger charge is 2.24. The van der Waals surface area contributed by atoms with E-state index in [2.05, 4.69) is 74.6 Å². The summed E-state index contributed by atoms with van der Waals surface area (Å²) in [6, 6.07) is 0. The number of allylic oxidation sites excluding steroid dienone is 14. The van der Waals surface area contributed by atoms with Crippen LogP contribution < -0.4 is 5.73 Å². The molecule has 0 saturated heterocycles. The van der Waals surface area contributed by atoms with Gasteiger partial charge in [-0.2, -0.15) is 0 Å². The molecule has 0 rings (SSSR count). The lowest BCUT2D eigenvalue weighted by Crippen LogP contribution is -2.26. The van der Waals surface area contributed by atoms with E-state index in [0.717, 1.165) is 51.4 Å². The van der Waals surface area contributed by atoms with Crippen LogP contribution in [-0.4, -0.2) is 54.5 Å². The van der Waals surface area contributed by atoms with E-state index in [1.165, 1.54) is 70.5 Å². The van der Waals surface area contributed by atoms with Crippen LogP contribution in [0.4, 0.5) is 0 Å². The predicted molar refractivity (Wildman–Crippen MR) is 229 cm³/mol. The van der Waals surface area contributed by atoms with Crippen LogP contribution in [0.25, 0.3) is 0 Å². The van der Waals surface area contributed by atoms with Crippen LogP contribution in [0.3, 0.4) is 0 Å². The lowest BCUT2D eigenvalue weighted by Gasteiger charge is -2.19. The Labute approximate surface area is 334 Å². The van der Waals surface area contributed by atoms with Crippen LogP contribution in [0, 0.1) is 0 Å². The van der Waals surface area contributed by atoms with Gasteiger partial charge in [0.25, 0.3) is 0 Å². The average molecular weight is 790 g/mol. The van der Waals surface area contributed by atoms with Gasteiger partial charge in [0, 0.05) is 13.0 Å². The van der Waals surface area contributed by atoms with E-state index in [4.69, 9.17) is 24.3 Å². The minimum Gasteiger partial charge on any atom is -0.492 e. The van der Waals surface area contributed by atoms with E-state index < -0.39 is 26.0 Å². The van der Waals surface area contributed by atoms with Crippen LogP contribution in [-0.2, 0) is 27.9 Å². The molecule has 2 unspecified atom stereocenters. The number of hydrogen-bond donors (Lipinski definition) is 3. The first-order valence-electron chi connectivity index (χ1n) is 20.9. The zero-order valence-electron chi connectivity index (χ0n) is 34.2. The van der Waals surface area contributed by atoms with Gasteiger partial charge >= 0.3 is 13.8 Å². The van der Waals surface area contributed by atoms with Crippen molar-refractivity contribution in [1.82, 2.24) is 0 Å². The third kappa shape index (κ3) is 40.7. The Morgan fingerprint density at radius 2 is 1.22 bits per heavy atom. The lowest BCUT2D eigenvalue weighted by molar-refractivity contribution is -0.147. The molecule has 9 nitrogen and oxygen atoms in total. The molecule has 0 fully saturated rings. The molecule has 0 saturated carbocycles. The maximum atomic E-state index is 12.4. The van der Waals surface area contributed by atoms with Crippen molar-refractivity contribution in [2.24, 2.45) is 5.73 Å². The number of unbranched alkanes of at least 4 members (excludes halogenated alkanes) is 11. The Hall–Kier alpha value is -2.78. The fourth-order valence-corrected chi connectivity index (χ4v) is 5.79. The highest BCUT2D eigenvalue weighted by molar-refractivity contribution is 7.47. The maximum Gasteiger partial charge on any atom is 0.472 e. The monoisotopic (exact) mass is 790 g/mol. The van der Waals surface area contributed by atoms with Gasteiger partial charge in [-0.15, -0.1) is 0 Å². The fraction of sp³-hybridized carbons (Fsp3) is 0.622. The van der Waals surface area contributed by atoms with Crippen LogP contribution in [0.1, 0.15) is 142 Å². The van der Waals surface area contributed by atoms with Gasteiger partial charge in [-0.3, -0.25) is 13.8 Å². The smallest absolute Gasteiger partial charge is 0.472 e. The molecule has 0 spiro atoms. The van der Waals surface area contributed by atoms with Gasteiger partial charge in [0.05, 0.1) is 25.6 Å². The number of ether oxygens (including phenoxy) is 2. The Balaban J connectivity index is 4.37. The summed E-state index contributed by atoms with van der Waals surface area (Å²) in [6.45, 7) is 3.78. The maximum absolute atomic E-state index is 12.4. The zero-order chi connectivity index (χ0) is 40.3.